The second kappa shape index (κ2) is 6.43. The number of hydrogen-bond donors (Lipinski definition) is 3. The monoisotopic (exact) mass is 263 g/mol. The molecule has 1 saturated carbocycles. The van der Waals surface area contributed by atoms with E-state index in [1.807, 2.05) is 12.1 Å². The van der Waals surface area contributed by atoms with Crippen molar-refractivity contribution in [3.05, 3.63) is 29.3 Å². The molecule has 5 nitrogen and oxygen atoms in total. The fourth-order valence-electron chi connectivity index (χ4n) is 2.52. The number of nitrogens with two attached hydrogens (primary N) is 1. The van der Waals surface area contributed by atoms with Crippen molar-refractivity contribution in [1.29, 1.82) is 0 Å². The number of hydrogen-bond acceptors (Lipinski definition) is 4. The van der Waals surface area contributed by atoms with Gasteiger partial charge >= 0.3 is 0 Å². The molecule has 0 amide bonds. The number of benzene rings is 1. The van der Waals surface area contributed by atoms with E-state index in [-0.39, 0.29) is 5.84 Å². The molecule has 1 fully saturated rings. The van der Waals surface area contributed by atoms with Crippen LogP contribution in [0, 0.1) is 0 Å². The molecule has 1 aliphatic carbocycles. The van der Waals surface area contributed by atoms with Crippen LogP contribution in [-0.4, -0.2) is 24.2 Å². The first-order valence-electron chi connectivity index (χ1n) is 6.62. The fraction of sp³-hybridized carbons (Fsp3) is 0.500. The van der Waals surface area contributed by atoms with E-state index in [1.165, 1.54) is 25.7 Å². The lowest BCUT2D eigenvalue weighted by atomic mass is 10.1. The van der Waals surface area contributed by atoms with E-state index in [0.717, 1.165) is 17.9 Å². The van der Waals surface area contributed by atoms with Crippen molar-refractivity contribution in [3.63, 3.8) is 0 Å². The quantitative estimate of drug-likeness (QED) is 0.328. The predicted octanol–water partition coefficient (Wildman–Crippen LogP) is 1.82. The van der Waals surface area contributed by atoms with Crippen molar-refractivity contribution in [2.45, 2.75) is 38.3 Å². The van der Waals surface area contributed by atoms with Crippen LogP contribution in [0.5, 0.6) is 5.75 Å². The average molecular weight is 263 g/mol. The summed E-state index contributed by atoms with van der Waals surface area (Å²) in [6, 6.07) is 6.12. The summed E-state index contributed by atoms with van der Waals surface area (Å²) >= 11 is 0. The van der Waals surface area contributed by atoms with Gasteiger partial charge in [-0.05, 0) is 31.0 Å². The Bertz CT molecular complexity index is 454. The van der Waals surface area contributed by atoms with Gasteiger partial charge in [0.1, 0.15) is 5.75 Å². The second-order valence-electron chi connectivity index (χ2n) is 4.87. The zero-order valence-corrected chi connectivity index (χ0v) is 11.2. The van der Waals surface area contributed by atoms with Crippen LogP contribution in [0.3, 0.4) is 0 Å². The summed E-state index contributed by atoms with van der Waals surface area (Å²) < 4.78 is 5.35. The van der Waals surface area contributed by atoms with Crippen LogP contribution in [0.25, 0.3) is 0 Å². The molecule has 1 aromatic rings. The maximum Gasteiger partial charge on any atom is 0.170 e. The molecule has 2 rings (SSSR count). The summed E-state index contributed by atoms with van der Waals surface area (Å²) in [5, 5.41) is 15.3. The van der Waals surface area contributed by atoms with Gasteiger partial charge in [-0.3, -0.25) is 0 Å². The molecular weight excluding hydrogens is 242 g/mol. The van der Waals surface area contributed by atoms with Crippen LogP contribution < -0.4 is 15.8 Å². The number of ether oxygens (including phenoxy) is 1. The Morgan fingerprint density at radius 2 is 2.21 bits per heavy atom. The maximum atomic E-state index is 8.72. The van der Waals surface area contributed by atoms with Gasteiger partial charge in [0.15, 0.2) is 5.84 Å². The van der Waals surface area contributed by atoms with Gasteiger partial charge in [-0.2, -0.15) is 0 Å². The van der Waals surface area contributed by atoms with Crippen molar-refractivity contribution in [2.75, 3.05) is 7.11 Å². The molecule has 5 heteroatoms. The molecule has 19 heavy (non-hydrogen) atoms. The van der Waals surface area contributed by atoms with Crippen LogP contribution in [0.1, 0.15) is 36.8 Å². The molecule has 1 aromatic carbocycles. The summed E-state index contributed by atoms with van der Waals surface area (Å²) in [4.78, 5) is 0. The molecule has 1 aliphatic rings. The van der Waals surface area contributed by atoms with Gasteiger partial charge < -0.3 is 21.0 Å². The zero-order valence-electron chi connectivity index (χ0n) is 11.2. The number of oxime groups is 1. The Morgan fingerprint density at radius 1 is 1.47 bits per heavy atom. The van der Waals surface area contributed by atoms with Gasteiger partial charge in [-0.1, -0.05) is 18.0 Å². The van der Waals surface area contributed by atoms with Crippen LogP contribution in [0.4, 0.5) is 0 Å². The standard InChI is InChI=1S/C14H21N3O2/c1-19-13-7-6-10(14(15)17-18)8-11(13)9-16-12-4-2-3-5-12/h6-8,12,16,18H,2-5,9H2,1H3,(H2,15,17). The topological polar surface area (TPSA) is 79.9 Å². The number of rotatable bonds is 5. The predicted molar refractivity (Wildman–Crippen MR) is 74.6 cm³/mol. The third-order valence-electron chi connectivity index (χ3n) is 3.62. The average Bonchev–Trinajstić information content (AvgIpc) is 2.97. The van der Waals surface area contributed by atoms with E-state index in [2.05, 4.69) is 10.5 Å². The third-order valence-corrected chi connectivity index (χ3v) is 3.62. The molecule has 0 aliphatic heterocycles. The highest BCUT2D eigenvalue weighted by Crippen LogP contribution is 2.22. The molecule has 0 aromatic heterocycles. The number of nitrogens with one attached hydrogen (secondary N) is 1. The number of amidine groups is 1. The SMILES string of the molecule is COc1ccc(/C(N)=N/O)cc1CNC1CCCC1. The minimum Gasteiger partial charge on any atom is -0.496 e. The normalized spacial score (nSPS) is 16.8. The number of methoxy groups -OCH3 is 1. The van der Waals surface area contributed by atoms with Crippen LogP contribution in [0.15, 0.2) is 23.4 Å². The highest BCUT2D eigenvalue weighted by atomic mass is 16.5. The van der Waals surface area contributed by atoms with Gasteiger partial charge in [0.2, 0.25) is 0 Å². The van der Waals surface area contributed by atoms with E-state index >= 15 is 0 Å². The summed E-state index contributed by atoms with van der Waals surface area (Å²) in [5.41, 5.74) is 7.34. The van der Waals surface area contributed by atoms with E-state index in [0.29, 0.717) is 11.6 Å². The van der Waals surface area contributed by atoms with Crippen molar-refractivity contribution in [2.24, 2.45) is 10.9 Å². The van der Waals surface area contributed by atoms with E-state index in [1.54, 1.807) is 13.2 Å². The summed E-state index contributed by atoms with van der Waals surface area (Å²) in [6.45, 7) is 0.736. The molecule has 4 N–H and O–H groups in total. The largest absolute Gasteiger partial charge is 0.496 e. The van der Waals surface area contributed by atoms with Gasteiger partial charge in [0.05, 0.1) is 7.11 Å². The van der Waals surface area contributed by atoms with Crippen molar-refractivity contribution < 1.29 is 9.94 Å². The zero-order chi connectivity index (χ0) is 13.7. The maximum absolute atomic E-state index is 8.72. The minimum atomic E-state index is 0.116. The molecular formula is C14H21N3O2. The minimum absolute atomic E-state index is 0.116. The first kappa shape index (κ1) is 13.7. The lowest BCUT2D eigenvalue weighted by Crippen LogP contribution is -2.25. The summed E-state index contributed by atoms with van der Waals surface area (Å²) in [7, 11) is 1.65. The van der Waals surface area contributed by atoms with E-state index < -0.39 is 0 Å². The molecule has 0 radical (unpaired) electrons. The molecule has 0 heterocycles. The Balaban J connectivity index is 2.11. The van der Waals surface area contributed by atoms with Crippen molar-refractivity contribution >= 4 is 5.84 Å². The molecule has 104 valence electrons. The van der Waals surface area contributed by atoms with Gasteiger partial charge in [-0.25, -0.2) is 0 Å². The van der Waals surface area contributed by atoms with Crippen molar-refractivity contribution in [3.8, 4) is 5.75 Å². The van der Waals surface area contributed by atoms with Gasteiger partial charge in [0, 0.05) is 23.7 Å². The first-order chi connectivity index (χ1) is 9.24. The van der Waals surface area contributed by atoms with Crippen LogP contribution >= 0.6 is 0 Å². The van der Waals surface area contributed by atoms with Gasteiger partial charge in [-0.15, -0.1) is 0 Å². The lowest BCUT2D eigenvalue weighted by molar-refractivity contribution is 0.318. The van der Waals surface area contributed by atoms with Gasteiger partial charge in [0.25, 0.3) is 0 Å². The van der Waals surface area contributed by atoms with Crippen molar-refractivity contribution in [1.82, 2.24) is 5.32 Å². The highest BCUT2D eigenvalue weighted by Gasteiger charge is 2.15. The van der Waals surface area contributed by atoms with Crippen LogP contribution in [0.2, 0.25) is 0 Å². The Kier molecular flexibility index (Phi) is 4.63. The van der Waals surface area contributed by atoms with Crippen LogP contribution in [-0.2, 0) is 6.54 Å². The van der Waals surface area contributed by atoms with E-state index in [9.17, 15) is 0 Å². The molecule has 0 unspecified atom stereocenters. The highest BCUT2D eigenvalue weighted by molar-refractivity contribution is 5.97. The molecule has 0 spiro atoms. The molecule has 0 bridgehead atoms. The fourth-order valence-corrected chi connectivity index (χ4v) is 2.52. The lowest BCUT2D eigenvalue weighted by Gasteiger charge is -2.15. The second-order valence-corrected chi connectivity index (χ2v) is 4.87. The van der Waals surface area contributed by atoms with E-state index in [4.69, 9.17) is 15.7 Å². The number of nitrogens with zero attached hydrogens (tertiary/aromatic N) is 1. The Morgan fingerprint density at radius 3 is 2.84 bits per heavy atom. The molecule has 0 saturated heterocycles. The summed E-state index contributed by atoms with van der Waals surface area (Å²) in [5.74, 6) is 0.935. The molecule has 0 atom stereocenters. The first-order valence-corrected chi connectivity index (χ1v) is 6.62. The summed E-state index contributed by atoms with van der Waals surface area (Å²) in [6.07, 6.45) is 5.09. The Hall–Kier alpha value is -1.75. The third kappa shape index (κ3) is 3.38. The Labute approximate surface area is 113 Å². The smallest absolute Gasteiger partial charge is 0.170 e.